The summed E-state index contributed by atoms with van der Waals surface area (Å²) >= 11 is 6.71. The first kappa shape index (κ1) is 22.7. The molecule has 1 aliphatic heterocycles. The zero-order valence-corrected chi connectivity index (χ0v) is 20.7. The fourth-order valence-electron chi connectivity index (χ4n) is 6.18. The van der Waals surface area contributed by atoms with Crippen molar-refractivity contribution in [2.75, 3.05) is 5.01 Å². The molecule has 0 unspecified atom stereocenters. The molecule has 4 nitrogen and oxygen atoms in total. The summed E-state index contributed by atoms with van der Waals surface area (Å²) in [4.78, 5) is 27.9. The van der Waals surface area contributed by atoms with Gasteiger partial charge in [0.15, 0.2) is 0 Å². The van der Waals surface area contributed by atoms with Crippen molar-refractivity contribution in [2.24, 2.45) is 10.5 Å². The van der Waals surface area contributed by atoms with E-state index in [1.54, 1.807) is 0 Å². The number of rotatable bonds is 3. The van der Waals surface area contributed by atoms with Gasteiger partial charge in [0, 0.05) is 29.7 Å². The second kappa shape index (κ2) is 8.72. The number of nitrogens with zero attached hydrogens (tertiary/aromatic N) is 2. The summed E-state index contributed by atoms with van der Waals surface area (Å²) in [6.07, 6.45) is 0.523. The van der Waals surface area contributed by atoms with Gasteiger partial charge in [0.2, 0.25) is 0 Å². The number of ketones is 1. The van der Waals surface area contributed by atoms with Crippen LogP contribution < -0.4 is 5.01 Å². The SMILES string of the molecule is CC1=NN(c2ccccc2)C(=O)[C@@]12[C@@H](c1ccc3ccccc3c1)CC(=O)C[C@@H]2c1ccccc1Cl. The van der Waals surface area contributed by atoms with Crippen LogP contribution in [0.2, 0.25) is 5.02 Å². The number of benzene rings is 4. The van der Waals surface area contributed by atoms with Crippen molar-refractivity contribution in [1.29, 1.82) is 0 Å². The second-order valence-electron chi connectivity index (χ2n) is 9.69. The molecule has 36 heavy (non-hydrogen) atoms. The number of anilines is 1. The van der Waals surface area contributed by atoms with Crippen LogP contribution in [0.1, 0.15) is 42.7 Å². The number of para-hydroxylation sites is 1. The van der Waals surface area contributed by atoms with Crippen LogP contribution in [-0.2, 0) is 9.59 Å². The third kappa shape index (κ3) is 3.40. The van der Waals surface area contributed by atoms with Crippen LogP contribution >= 0.6 is 11.6 Å². The van der Waals surface area contributed by atoms with Gasteiger partial charge < -0.3 is 0 Å². The van der Waals surface area contributed by atoms with E-state index in [1.165, 1.54) is 5.01 Å². The highest BCUT2D eigenvalue weighted by Crippen LogP contribution is 2.59. The van der Waals surface area contributed by atoms with Gasteiger partial charge in [0.05, 0.1) is 11.4 Å². The summed E-state index contributed by atoms with van der Waals surface area (Å²) in [5.74, 6) is -0.771. The number of amides is 1. The zero-order chi connectivity index (χ0) is 24.9. The largest absolute Gasteiger partial charge is 0.300 e. The third-order valence-electron chi connectivity index (χ3n) is 7.82. The van der Waals surface area contributed by atoms with E-state index in [4.69, 9.17) is 16.7 Å². The van der Waals surface area contributed by atoms with E-state index < -0.39 is 11.3 Å². The molecule has 1 amide bonds. The molecule has 3 atom stereocenters. The number of carbonyl (C=O) groups excluding carboxylic acids is 2. The van der Waals surface area contributed by atoms with Gasteiger partial charge in [0.25, 0.3) is 5.91 Å². The average molecular weight is 493 g/mol. The fourth-order valence-corrected chi connectivity index (χ4v) is 6.44. The van der Waals surface area contributed by atoms with Crippen molar-refractivity contribution in [3.05, 3.63) is 113 Å². The minimum atomic E-state index is -1.03. The van der Waals surface area contributed by atoms with Gasteiger partial charge in [-0.1, -0.05) is 90.5 Å². The standard InChI is InChI=1S/C31H25ClN2O2/c1-20-31(30(36)34(33-20)24-11-3-2-4-12-24)27(23-16-15-21-9-5-6-10-22(21)17-23)18-25(35)19-28(31)26-13-7-8-14-29(26)32/h2-17,27-28H,18-19H2,1H3/t27-,28-,31-/m1/s1. The molecule has 0 radical (unpaired) electrons. The lowest BCUT2D eigenvalue weighted by molar-refractivity contribution is -0.131. The molecule has 0 N–H and O–H groups in total. The van der Waals surface area contributed by atoms with Crippen molar-refractivity contribution < 1.29 is 9.59 Å². The molecule has 2 aliphatic rings. The first-order valence-electron chi connectivity index (χ1n) is 12.2. The number of hydrazone groups is 1. The first-order valence-corrected chi connectivity index (χ1v) is 12.6. The number of Topliss-reactive ketones (excluding diaryl/α,β-unsaturated/α-hetero) is 1. The summed E-state index contributed by atoms with van der Waals surface area (Å²) < 4.78 is 0. The predicted molar refractivity (Wildman–Crippen MR) is 145 cm³/mol. The number of fused-ring (bicyclic) bond motifs is 1. The van der Waals surface area contributed by atoms with Crippen LogP contribution in [0.15, 0.2) is 102 Å². The fraction of sp³-hybridized carbons (Fsp3) is 0.194. The molecular formula is C31H25ClN2O2. The Balaban J connectivity index is 1.59. The molecule has 5 heteroatoms. The van der Waals surface area contributed by atoms with Crippen LogP contribution in [0.4, 0.5) is 5.69 Å². The smallest absolute Gasteiger partial charge is 0.260 e. The van der Waals surface area contributed by atoms with E-state index in [0.717, 1.165) is 21.9 Å². The maximum atomic E-state index is 14.6. The molecule has 4 aromatic rings. The third-order valence-corrected chi connectivity index (χ3v) is 8.16. The van der Waals surface area contributed by atoms with Gasteiger partial charge in [-0.15, -0.1) is 0 Å². The number of halogens is 1. The van der Waals surface area contributed by atoms with E-state index >= 15 is 0 Å². The van der Waals surface area contributed by atoms with E-state index in [1.807, 2.05) is 73.7 Å². The van der Waals surface area contributed by atoms with Crippen LogP contribution in [0.5, 0.6) is 0 Å². The van der Waals surface area contributed by atoms with Crippen LogP contribution in [0.25, 0.3) is 10.8 Å². The Morgan fingerprint density at radius 3 is 2.25 bits per heavy atom. The molecule has 178 valence electrons. The Morgan fingerprint density at radius 1 is 0.806 bits per heavy atom. The highest BCUT2D eigenvalue weighted by molar-refractivity contribution is 6.31. The van der Waals surface area contributed by atoms with Gasteiger partial charge in [-0.25, -0.2) is 0 Å². The molecule has 4 aromatic carbocycles. The molecule has 1 heterocycles. The Morgan fingerprint density at radius 2 is 1.47 bits per heavy atom. The van der Waals surface area contributed by atoms with Crippen molar-refractivity contribution in [3.8, 4) is 0 Å². The van der Waals surface area contributed by atoms with E-state index in [9.17, 15) is 9.59 Å². The van der Waals surface area contributed by atoms with Crippen LogP contribution in [0.3, 0.4) is 0 Å². The molecule has 1 aliphatic carbocycles. The van der Waals surface area contributed by atoms with Gasteiger partial charge in [-0.05, 0) is 47.0 Å². The second-order valence-corrected chi connectivity index (χ2v) is 10.1. The number of hydrogen-bond donors (Lipinski definition) is 0. The van der Waals surface area contributed by atoms with Crippen LogP contribution in [0, 0.1) is 5.41 Å². The Hall–Kier alpha value is -3.76. The van der Waals surface area contributed by atoms with E-state index in [0.29, 0.717) is 16.4 Å². The lowest BCUT2D eigenvalue weighted by Crippen LogP contribution is -2.52. The molecule has 1 fully saturated rings. The molecule has 1 spiro atoms. The number of hydrogen-bond acceptors (Lipinski definition) is 3. The Bertz CT molecular complexity index is 1530. The lowest BCUT2D eigenvalue weighted by Gasteiger charge is -2.46. The normalized spacial score (nSPS) is 23.9. The highest BCUT2D eigenvalue weighted by Gasteiger charge is 2.62. The Labute approximate surface area is 215 Å². The van der Waals surface area contributed by atoms with Gasteiger partial charge >= 0.3 is 0 Å². The molecule has 0 aromatic heterocycles. The van der Waals surface area contributed by atoms with Crippen molar-refractivity contribution in [2.45, 2.75) is 31.6 Å². The van der Waals surface area contributed by atoms with Crippen molar-refractivity contribution in [3.63, 3.8) is 0 Å². The summed E-state index contributed by atoms with van der Waals surface area (Å²) in [6, 6.07) is 31.4. The molecule has 6 rings (SSSR count). The average Bonchev–Trinajstić information content (AvgIpc) is 3.16. The maximum Gasteiger partial charge on any atom is 0.260 e. The first-order chi connectivity index (χ1) is 17.5. The minimum absolute atomic E-state index is 0.109. The predicted octanol–water partition coefficient (Wildman–Crippen LogP) is 7.13. The van der Waals surface area contributed by atoms with Crippen LogP contribution in [-0.4, -0.2) is 17.4 Å². The molecule has 1 saturated carbocycles. The lowest BCUT2D eigenvalue weighted by atomic mass is 9.54. The van der Waals surface area contributed by atoms with Gasteiger partial charge in [-0.3, -0.25) is 9.59 Å². The Kier molecular flexibility index (Phi) is 5.50. The number of carbonyl (C=O) groups is 2. The zero-order valence-electron chi connectivity index (χ0n) is 19.9. The molecule has 0 saturated heterocycles. The quantitative estimate of drug-likeness (QED) is 0.305. The van der Waals surface area contributed by atoms with E-state index in [2.05, 4.69) is 30.3 Å². The maximum absolute atomic E-state index is 14.6. The highest BCUT2D eigenvalue weighted by atomic mass is 35.5. The van der Waals surface area contributed by atoms with Gasteiger partial charge in [0.1, 0.15) is 11.2 Å². The topological polar surface area (TPSA) is 49.7 Å². The minimum Gasteiger partial charge on any atom is -0.300 e. The summed E-state index contributed by atoms with van der Waals surface area (Å²) in [5.41, 5.74) is 2.18. The summed E-state index contributed by atoms with van der Waals surface area (Å²) in [7, 11) is 0. The van der Waals surface area contributed by atoms with Gasteiger partial charge in [-0.2, -0.15) is 10.1 Å². The monoisotopic (exact) mass is 492 g/mol. The summed E-state index contributed by atoms with van der Waals surface area (Å²) in [5, 5.41) is 9.11. The van der Waals surface area contributed by atoms with E-state index in [-0.39, 0.29) is 30.4 Å². The van der Waals surface area contributed by atoms with Crippen molar-refractivity contribution in [1.82, 2.24) is 0 Å². The van der Waals surface area contributed by atoms with Crippen molar-refractivity contribution >= 4 is 45.5 Å². The molecule has 0 bridgehead atoms. The summed E-state index contributed by atoms with van der Waals surface area (Å²) in [6.45, 7) is 1.93. The molecular weight excluding hydrogens is 468 g/mol.